The van der Waals surface area contributed by atoms with Crippen LogP contribution in [0.2, 0.25) is 10.0 Å². The van der Waals surface area contributed by atoms with Crippen molar-refractivity contribution in [2.75, 3.05) is 31.1 Å². The van der Waals surface area contributed by atoms with Crippen LogP contribution in [0.5, 0.6) is 0 Å². The standard InChI is InChI=1S/C26H21Cl2N3O/c27-19-6-3-5-18(15-19)25-17-23(22-9-1-2-10-24(22)29-25)26(32)31-13-11-30(12-14-31)21-8-4-7-20(28)16-21/h1-10,15-17H,11-14H2. The number of pyridine rings is 1. The molecule has 1 aliphatic heterocycles. The van der Waals surface area contributed by atoms with Crippen molar-refractivity contribution in [3.05, 3.63) is 94.5 Å². The Morgan fingerprint density at radius 2 is 1.50 bits per heavy atom. The van der Waals surface area contributed by atoms with Gasteiger partial charge in [0.1, 0.15) is 0 Å². The molecule has 2 heterocycles. The number of para-hydroxylation sites is 1. The van der Waals surface area contributed by atoms with Crippen LogP contribution in [-0.2, 0) is 0 Å². The average molecular weight is 462 g/mol. The van der Waals surface area contributed by atoms with Gasteiger partial charge in [-0.2, -0.15) is 0 Å². The van der Waals surface area contributed by atoms with E-state index in [4.69, 9.17) is 28.2 Å². The number of fused-ring (bicyclic) bond motifs is 1. The largest absolute Gasteiger partial charge is 0.368 e. The Bertz CT molecular complexity index is 1300. The van der Waals surface area contributed by atoms with E-state index in [1.54, 1.807) is 0 Å². The highest BCUT2D eigenvalue weighted by Crippen LogP contribution is 2.28. The summed E-state index contributed by atoms with van der Waals surface area (Å²) in [6, 6.07) is 25.1. The fourth-order valence-electron chi connectivity index (χ4n) is 4.16. The Morgan fingerprint density at radius 3 is 2.25 bits per heavy atom. The molecule has 1 saturated heterocycles. The number of carbonyl (C=O) groups is 1. The summed E-state index contributed by atoms with van der Waals surface area (Å²) < 4.78 is 0. The zero-order chi connectivity index (χ0) is 22.1. The zero-order valence-electron chi connectivity index (χ0n) is 17.3. The Kier molecular flexibility index (Phi) is 5.73. The molecule has 0 saturated carbocycles. The molecule has 160 valence electrons. The number of rotatable bonds is 3. The summed E-state index contributed by atoms with van der Waals surface area (Å²) in [5.41, 5.74) is 4.19. The maximum atomic E-state index is 13.6. The first-order valence-electron chi connectivity index (χ1n) is 10.5. The lowest BCUT2D eigenvalue weighted by atomic mass is 10.0. The van der Waals surface area contributed by atoms with Gasteiger partial charge in [0, 0.05) is 52.9 Å². The second-order valence-electron chi connectivity index (χ2n) is 7.84. The van der Waals surface area contributed by atoms with Crippen LogP contribution in [0, 0.1) is 0 Å². The molecule has 5 rings (SSSR count). The third kappa shape index (κ3) is 4.16. The van der Waals surface area contributed by atoms with E-state index in [-0.39, 0.29) is 5.91 Å². The minimum Gasteiger partial charge on any atom is -0.368 e. The van der Waals surface area contributed by atoms with E-state index in [0.29, 0.717) is 23.7 Å². The monoisotopic (exact) mass is 461 g/mol. The summed E-state index contributed by atoms with van der Waals surface area (Å²) in [6.07, 6.45) is 0. The second-order valence-corrected chi connectivity index (χ2v) is 8.71. The summed E-state index contributed by atoms with van der Waals surface area (Å²) in [6.45, 7) is 2.81. The Hall–Kier alpha value is -3.08. The number of hydrogen-bond donors (Lipinski definition) is 0. The highest BCUT2D eigenvalue weighted by atomic mass is 35.5. The van der Waals surface area contributed by atoms with E-state index >= 15 is 0 Å². The predicted molar refractivity (Wildman–Crippen MR) is 132 cm³/mol. The molecule has 6 heteroatoms. The number of hydrogen-bond acceptors (Lipinski definition) is 3. The van der Waals surface area contributed by atoms with Gasteiger partial charge in [-0.1, -0.05) is 59.6 Å². The first-order chi connectivity index (χ1) is 15.6. The van der Waals surface area contributed by atoms with Crippen LogP contribution in [0.1, 0.15) is 10.4 Å². The van der Waals surface area contributed by atoms with Crippen molar-refractivity contribution in [3.8, 4) is 11.3 Å². The first-order valence-corrected chi connectivity index (χ1v) is 11.3. The summed E-state index contributed by atoms with van der Waals surface area (Å²) in [7, 11) is 0. The van der Waals surface area contributed by atoms with Gasteiger partial charge < -0.3 is 9.80 Å². The molecule has 0 N–H and O–H groups in total. The number of aromatic nitrogens is 1. The molecule has 1 aromatic heterocycles. The molecule has 1 fully saturated rings. The van der Waals surface area contributed by atoms with E-state index in [1.807, 2.05) is 77.7 Å². The van der Waals surface area contributed by atoms with Gasteiger partial charge in [-0.05, 0) is 42.5 Å². The third-order valence-electron chi connectivity index (χ3n) is 5.81. The van der Waals surface area contributed by atoms with Crippen LogP contribution in [0.15, 0.2) is 78.9 Å². The van der Waals surface area contributed by atoms with Crippen LogP contribution in [-0.4, -0.2) is 42.0 Å². The predicted octanol–water partition coefficient (Wildman–Crippen LogP) is 6.17. The lowest BCUT2D eigenvalue weighted by Crippen LogP contribution is -2.48. The molecule has 1 aliphatic rings. The number of halogens is 2. The number of amides is 1. The van der Waals surface area contributed by atoms with Gasteiger partial charge >= 0.3 is 0 Å². The van der Waals surface area contributed by atoms with E-state index in [9.17, 15) is 4.79 Å². The van der Waals surface area contributed by atoms with Gasteiger partial charge in [0.25, 0.3) is 5.91 Å². The van der Waals surface area contributed by atoms with Gasteiger partial charge in [-0.15, -0.1) is 0 Å². The smallest absolute Gasteiger partial charge is 0.254 e. The summed E-state index contributed by atoms with van der Waals surface area (Å²) in [5, 5.41) is 2.22. The SMILES string of the molecule is O=C(c1cc(-c2cccc(Cl)c2)nc2ccccc12)N1CCN(c2cccc(Cl)c2)CC1. The number of nitrogens with zero attached hydrogens (tertiary/aromatic N) is 3. The molecular formula is C26H21Cl2N3O. The minimum absolute atomic E-state index is 0.0256. The summed E-state index contributed by atoms with van der Waals surface area (Å²) in [4.78, 5) is 22.6. The fraction of sp³-hybridized carbons (Fsp3) is 0.154. The summed E-state index contributed by atoms with van der Waals surface area (Å²) in [5.74, 6) is 0.0256. The molecule has 32 heavy (non-hydrogen) atoms. The Morgan fingerprint density at radius 1 is 0.781 bits per heavy atom. The number of benzene rings is 3. The Balaban J connectivity index is 1.44. The number of carbonyl (C=O) groups excluding carboxylic acids is 1. The molecule has 0 bridgehead atoms. The highest BCUT2D eigenvalue weighted by molar-refractivity contribution is 6.31. The molecule has 1 amide bonds. The lowest BCUT2D eigenvalue weighted by molar-refractivity contribution is 0.0748. The van der Waals surface area contributed by atoms with Gasteiger partial charge in [0.15, 0.2) is 0 Å². The maximum absolute atomic E-state index is 13.6. The minimum atomic E-state index is 0.0256. The fourth-order valence-corrected chi connectivity index (χ4v) is 4.53. The maximum Gasteiger partial charge on any atom is 0.254 e. The van der Waals surface area contributed by atoms with Gasteiger partial charge in [0.2, 0.25) is 0 Å². The second kappa shape index (κ2) is 8.81. The van der Waals surface area contributed by atoms with Gasteiger partial charge in [-0.25, -0.2) is 4.98 Å². The molecule has 0 radical (unpaired) electrons. The third-order valence-corrected chi connectivity index (χ3v) is 6.28. The molecule has 4 aromatic rings. The van der Waals surface area contributed by atoms with E-state index in [2.05, 4.69) is 11.0 Å². The van der Waals surface area contributed by atoms with E-state index in [1.165, 1.54) is 0 Å². The van der Waals surface area contributed by atoms with Gasteiger partial charge in [0.05, 0.1) is 16.8 Å². The van der Waals surface area contributed by atoms with Crippen LogP contribution in [0.25, 0.3) is 22.2 Å². The van der Waals surface area contributed by atoms with Crippen molar-refractivity contribution >= 4 is 45.7 Å². The molecule has 0 aliphatic carbocycles. The van der Waals surface area contributed by atoms with Crippen LogP contribution >= 0.6 is 23.2 Å². The van der Waals surface area contributed by atoms with Crippen LogP contribution in [0.4, 0.5) is 5.69 Å². The van der Waals surface area contributed by atoms with Crippen molar-refractivity contribution < 1.29 is 4.79 Å². The number of piperazine rings is 1. The lowest BCUT2D eigenvalue weighted by Gasteiger charge is -2.36. The van der Waals surface area contributed by atoms with E-state index < -0.39 is 0 Å². The first kappa shape index (κ1) is 20.8. The van der Waals surface area contributed by atoms with Crippen molar-refractivity contribution in [2.24, 2.45) is 0 Å². The van der Waals surface area contributed by atoms with Crippen LogP contribution in [0.3, 0.4) is 0 Å². The normalized spacial score (nSPS) is 14.1. The molecule has 0 unspecified atom stereocenters. The van der Waals surface area contributed by atoms with Crippen molar-refractivity contribution in [2.45, 2.75) is 0 Å². The van der Waals surface area contributed by atoms with Crippen molar-refractivity contribution in [1.29, 1.82) is 0 Å². The summed E-state index contributed by atoms with van der Waals surface area (Å²) >= 11 is 12.3. The highest BCUT2D eigenvalue weighted by Gasteiger charge is 2.24. The van der Waals surface area contributed by atoms with Crippen molar-refractivity contribution in [1.82, 2.24) is 9.88 Å². The van der Waals surface area contributed by atoms with Crippen LogP contribution < -0.4 is 4.90 Å². The zero-order valence-corrected chi connectivity index (χ0v) is 18.9. The van der Waals surface area contributed by atoms with Gasteiger partial charge in [-0.3, -0.25) is 4.79 Å². The quantitative estimate of drug-likeness (QED) is 0.365. The molecule has 4 nitrogen and oxygen atoms in total. The molecule has 3 aromatic carbocycles. The van der Waals surface area contributed by atoms with E-state index in [0.717, 1.165) is 46.0 Å². The molecule has 0 spiro atoms. The average Bonchev–Trinajstić information content (AvgIpc) is 2.83. The molecular weight excluding hydrogens is 441 g/mol. The Labute approximate surface area is 197 Å². The topological polar surface area (TPSA) is 36.4 Å². The van der Waals surface area contributed by atoms with Crippen molar-refractivity contribution in [3.63, 3.8) is 0 Å². The number of anilines is 1. The molecule has 0 atom stereocenters.